The Bertz CT molecular complexity index is 462. The van der Waals surface area contributed by atoms with E-state index in [0.717, 1.165) is 6.42 Å². The Morgan fingerprint density at radius 1 is 1.71 bits per heavy atom. The smallest absolute Gasteiger partial charge is 0.343 e. The van der Waals surface area contributed by atoms with Gasteiger partial charge in [0.05, 0.1) is 12.8 Å². The molecule has 0 radical (unpaired) electrons. The van der Waals surface area contributed by atoms with Crippen LogP contribution in [0.25, 0.3) is 0 Å². The number of thiophene rings is 1. The van der Waals surface area contributed by atoms with Gasteiger partial charge in [-0.1, -0.05) is 6.92 Å². The van der Waals surface area contributed by atoms with Crippen molar-refractivity contribution in [3.8, 4) is 6.07 Å². The normalized spacial score (nSPS) is 11.6. The molecule has 1 atom stereocenters. The van der Waals surface area contributed by atoms with E-state index in [1.165, 1.54) is 18.4 Å². The number of rotatable bonds is 4. The topological polar surface area (TPSA) is 88.1 Å². The van der Waals surface area contributed by atoms with E-state index in [-0.39, 0.29) is 17.3 Å². The van der Waals surface area contributed by atoms with E-state index in [1.54, 1.807) is 0 Å². The number of anilines is 2. The van der Waals surface area contributed by atoms with Crippen LogP contribution in [0.3, 0.4) is 0 Å². The fraction of sp³-hybridized carbons (Fsp3) is 0.455. The molecule has 1 aromatic rings. The van der Waals surface area contributed by atoms with E-state index in [2.05, 4.69) is 10.1 Å². The van der Waals surface area contributed by atoms with Crippen LogP contribution in [0.1, 0.15) is 35.5 Å². The van der Waals surface area contributed by atoms with Gasteiger partial charge < -0.3 is 15.8 Å². The van der Waals surface area contributed by atoms with Crippen LogP contribution in [0.2, 0.25) is 0 Å². The van der Waals surface area contributed by atoms with Crippen LogP contribution in [0.5, 0.6) is 0 Å². The van der Waals surface area contributed by atoms with Crippen LogP contribution in [-0.4, -0.2) is 19.1 Å². The maximum atomic E-state index is 11.6. The van der Waals surface area contributed by atoms with Crippen molar-refractivity contribution in [1.82, 2.24) is 0 Å². The second kappa shape index (κ2) is 5.55. The van der Waals surface area contributed by atoms with E-state index in [4.69, 9.17) is 11.0 Å². The summed E-state index contributed by atoms with van der Waals surface area (Å²) in [4.78, 5) is 11.9. The number of methoxy groups -OCH3 is 1. The van der Waals surface area contributed by atoms with Gasteiger partial charge in [-0.2, -0.15) is 5.26 Å². The summed E-state index contributed by atoms with van der Waals surface area (Å²) in [6, 6.07) is 2.17. The van der Waals surface area contributed by atoms with Crippen LogP contribution in [0.15, 0.2) is 0 Å². The Morgan fingerprint density at radius 2 is 2.35 bits per heavy atom. The van der Waals surface area contributed by atoms with Crippen molar-refractivity contribution in [3.05, 3.63) is 10.4 Å². The number of nitrogen functional groups attached to an aromatic ring is 1. The summed E-state index contributed by atoms with van der Waals surface area (Å²) in [5.41, 5.74) is 6.20. The van der Waals surface area contributed by atoms with Crippen molar-refractivity contribution in [2.24, 2.45) is 0 Å². The first-order chi connectivity index (χ1) is 8.04. The van der Waals surface area contributed by atoms with Gasteiger partial charge >= 0.3 is 5.97 Å². The molecule has 0 fully saturated rings. The van der Waals surface area contributed by atoms with Gasteiger partial charge in [0.15, 0.2) is 0 Å². The molecule has 92 valence electrons. The summed E-state index contributed by atoms with van der Waals surface area (Å²) in [6.45, 7) is 4.01. The molecule has 1 heterocycles. The van der Waals surface area contributed by atoms with Gasteiger partial charge in [0.1, 0.15) is 21.5 Å². The molecule has 0 saturated carbocycles. The molecule has 5 nitrogen and oxygen atoms in total. The van der Waals surface area contributed by atoms with Crippen LogP contribution < -0.4 is 11.1 Å². The lowest BCUT2D eigenvalue weighted by Gasteiger charge is -2.12. The highest BCUT2D eigenvalue weighted by molar-refractivity contribution is 7.17. The molecule has 0 spiro atoms. The van der Waals surface area contributed by atoms with Crippen molar-refractivity contribution in [3.63, 3.8) is 0 Å². The largest absolute Gasteiger partial charge is 0.465 e. The number of hydrogen-bond donors (Lipinski definition) is 2. The SMILES string of the molecule is CCC(C)Nc1sc(C#N)c(N)c1C(=O)OC. The van der Waals surface area contributed by atoms with Crippen LogP contribution in [-0.2, 0) is 4.74 Å². The highest BCUT2D eigenvalue weighted by atomic mass is 32.1. The summed E-state index contributed by atoms with van der Waals surface area (Å²) in [6.07, 6.45) is 0.903. The zero-order valence-electron chi connectivity index (χ0n) is 10.0. The first-order valence-electron chi connectivity index (χ1n) is 5.22. The monoisotopic (exact) mass is 253 g/mol. The van der Waals surface area contributed by atoms with Gasteiger partial charge in [0, 0.05) is 6.04 Å². The first kappa shape index (κ1) is 13.3. The molecule has 0 aliphatic carbocycles. The minimum atomic E-state index is -0.522. The fourth-order valence-electron chi connectivity index (χ4n) is 1.26. The molecule has 1 rings (SSSR count). The predicted octanol–water partition coefficient (Wildman–Crippen LogP) is 2.20. The molecule has 0 aromatic carbocycles. The summed E-state index contributed by atoms with van der Waals surface area (Å²) < 4.78 is 4.67. The van der Waals surface area contributed by atoms with Crippen molar-refractivity contribution in [2.75, 3.05) is 18.2 Å². The van der Waals surface area contributed by atoms with Crippen LogP contribution in [0, 0.1) is 11.3 Å². The second-order valence-electron chi connectivity index (χ2n) is 3.61. The number of esters is 1. The molecule has 0 bridgehead atoms. The third-order valence-corrected chi connectivity index (χ3v) is 3.47. The molecule has 0 aliphatic heterocycles. The third kappa shape index (κ3) is 2.68. The minimum Gasteiger partial charge on any atom is -0.465 e. The lowest BCUT2D eigenvalue weighted by Crippen LogP contribution is -2.15. The van der Waals surface area contributed by atoms with Gasteiger partial charge in [0.25, 0.3) is 0 Å². The molecular formula is C11H15N3O2S. The first-order valence-corrected chi connectivity index (χ1v) is 6.03. The van der Waals surface area contributed by atoms with Crippen LogP contribution in [0.4, 0.5) is 10.7 Å². The number of carbonyl (C=O) groups is 1. The van der Waals surface area contributed by atoms with E-state index < -0.39 is 5.97 Å². The Balaban J connectivity index is 3.20. The van der Waals surface area contributed by atoms with Gasteiger partial charge in [-0.05, 0) is 13.3 Å². The zero-order chi connectivity index (χ0) is 13.0. The number of ether oxygens (including phenoxy) is 1. The number of nitrogens with one attached hydrogen (secondary N) is 1. The Morgan fingerprint density at radius 3 is 2.82 bits per heavy atom. The van der Waals surface area contributed by atoms with Gasteiger partial charge in [-0.25, -0.2) is 4.79 Å². The maximum Gasteiger partial charge on any atom is 0.343 e. The minimum absolute atomic E-state index is 0.190. The number of nitrogens with two attached hydrogens (primary N) is 1. The number of nitriles is 1. The molecular weight excluding hydrogens is 238 g/mol. The van der Waals surface area contributed by atoms with Crippen molar-refractivity contribution in [1.29, 1.82) is 5.26 Å². The molecule has 17 heavy (non-hydrogen) atoms. The average molecular weight is 253 g/mol. The zero-order valence-corrected chi connectivity index (χ0v) is 10.9. The summed E-state index contributed by atoms with van der Waals surface area (Å²) in [5, 5.41) is 12.7. The third-order valence-electron chi connectivity index (χ3n) is 2.43. The number of nitrogens with zero attached hydrogens (tertiary/aromatic N) is 1. The molecule has 0 aliphatic rings. The maximum absolute atomic E-state index is 11.6. The summed E-state index contributed by atoms with van der Waals surface area (Å²) >= 11 is 1.18. The van der Waals surface area contributed by atoms with E-state index in [9.17, 15) is 4.79 Å². The van der Waals surface area contributed by atoms with E-state index >= 15 is 0 Å². The predicted molar refractivity (Wildman–Crippen MR) is 68.2 cm³/mol. The Hall–Kier alpha value is -1.74. The Kier molecular flexibility index (Phi) is 4.35. The quantitative estimate of drug-likeness (QED) is 0.803. The van der Waals surface area contributed by atoms with Gasteiger partial charge in [-0.3, -0.25) is 0 Å². The molecule has 1 aromatic heterocycles. The van der Waals surface area contributed by atoms with Gasteiger partial charge in [0.2, 0.25) is 0 Å². The van der Waals surface area contributed by atoms with Gasteiger partial charge in [-0.15, -0.1) is 11.3 Å². The second-order valence-corrected chi connectivity index (χ2v) is 4.63. The van der Waals surface area contributed by atoms with Crippen molar-refractivity contribution in [2.45, 2.75) is 26.3 Å². The Labute approximate surface area is 104 Å². The lowest BCUT2D eigenvalue weighted by molar-refractivity contribution is 0.0603. The molecule has 6 heteroatoms. The molecule has 1 unspecified atom stereocenters. The summed E-state index contributed by atoms with van der Waals surface area (Å²) in [5.74, 6) is -0.522. The van der Waals surface area contributed by atoms with Crippen molar-refractivity contribution >= 4 is 28.0 Å². The van der Waals surface area contributed by atoms with E-state index in [0.29, 0.717) is 9.88 Å². The van der Waals surface area contributed by atoms with Crippen LogP contribution >= 0.6 is 11.3 Å². The fourth-order valence-corrected chi connectivity index (χ4v) is 2.28. The highest BCUT2D eigenvalue weighted by Gasteiger charge is 2.23. The molecule has 3 N–H and O–H groups in total. The number of carbonyl (C=O) groups excluding carboxylic acids is 1. The van der Waals surface area contributed by atoms with E-state index in [1.807, 2.05) is 19.9 Å². The summed E-state index contributed by atoms with van der Waals surface area (Å²) in [7, 11) is 1.29. The lowest BCUT2D eigenvalue weighted by atomic mass is 10.2. The van der Waals surface area contributed by atoms with Crippen molar-refractivity contribution < 1.29 is 9.53 Å². The molecule has 0 amide bonds. The highest BCUT2D eigenvalue weighted by Crippen LogP contribution is 2.36. The number of hydrogen-bond acceptors (Lipinski definition) is 6. The average Bonchev–Trinajstić information content (AvgIpc) is 2.64. The standard InChI is InChI=1S/C11H15N3O2S/c1-4-6(2)14-10-8(11(15)16-3)9(13)7(5-12)17-10/h6,14H,4,13H2,1-3H3. The molecule has 0 saturated heterocycles.